The van der Waals surface area contributed by atoms with Crippen LogP contribution in [-0.2, 0) is 9.59 Å². The van der Waals surface area contributed by atoms with E-state index in [9.17, 15) is 19.5 Å². The van der Waals surface area contributed by atoms with Crippen molar-refractivity contribution in [1.82, 2.24) is 4.90 Å². The number of para-hydroxylation sites is 1. The van der Waals surface area contributed by atoms with Gasteiger partial charge in [-0.2, -0.15) is 0 Å². The molecule has 1 aliphatic carbocycles. The second-order valence-electron chi connectivity index (χ2n) is 7.25. The largest absolute Gasteiger partial charge is 0.481 e. The molecule has 0 bridgehead atoms. The van der Waals surface area contributed by atoms with Crippen LogP contribution >= 0.6 is 12.4 Å². The van der Waals surface area contributed by atoms with Crippen molar-refractivity contribution in [2.75, 3.05) is 18.4 Å². The van der Waals surface area contributed by atoms with E-state index >= 15 is 0 Å². The number of carbonyl (C=O) groups excluding carboxylic acids is 2. The number of Topliss-reactive ketones (excluding diaryl/α,β-unsaturated/α-hetero) is 1. The van der Waals surface area contributed by atoms with Gasteiger partial charge in [0.25, 0.3) is 0 Å². The van der Waals surface area contributed by atoms with Crippen molar-refractivity contribution in [3.8, 4) is 0 Å². The molecule has 142 valence electrons. The van der Waals surface area contributed by atoms with Gasteiger partial charge in [-0.25, -0.2) is 0 Å². The number of benzene rings is 1. The molecule has 0 radical (unpaired) electrons. The standard InChI is InChI=1S/C19H24N2O4.ClH/c1-12(17(23)20-16-8-4-3-7-15(16)13(2)22)21-10-14-6-5-9-19(14,11-21)18(24)25;/h3-4,7-8,12,14H,5-6,9-11H2,1-2H3,(H,20,23)(H,24,25);1H/t12?,14-,19+;/m0./s1. The van der Waals surface area contributed by atoms with Crippen molar-refractivity contribution < 1.29 is 19.5 Å². The number of nitrogens with one attached hydrogen (secondary N) is 1. The van der Waals surface area contributed by atoms with Gasteiger partial charge < -0.3 is 10.4 Å². The number of fused-ring (bicyclic) bond motifs is 1. The third-order valence-electron chi connectivity index (χ3n) is 5.81. The van der Waals surface area contributed by atoms with Gasteiger partial charge in [0.15, 0.2) is 5.78 Å². The lowest BCUT2D eigenvalue weighted by Gasteiger charge is -2.26. The predicted molar refractivity (Wildman–Crippen MR) is 101 cm³/mol. The number of halogens is 1. The molecule has 1 saturated heterocycles. The molecule has 2 aliphatic rings. The van der Waals surface area contributed by atoms with Gasteiger partial charge in [0.1, 0.15) is 0 Å². The monoisotopic (exact) mass is 380 g/mol. The summed E-state index contributed by atoms with van der Waals surface area (Å²) in [5, 5.41) is 12.5. The molecule has 6 nitrogen and oxygen atoms in total. The summed E-state index contributed by atoms with van der Waals surface area (Å²) >= 11 is 0. The minimum absolute atomic E-state index is 0. The molecule has 1 amide bonds. The molecule has 1 saturated carbocycles. The van der Waals surface area contributed by atoms with Crippen LogP contribution in [0, 0.1) is 11.3 Å². The number of amides is 1. The molecule has 2 fully saturated rings. The first-order valence-corrected chi connectivity index (χ1v) is 8.73. The number of carboxylic acids is 1. The fourth-order valence-electron chi connectivity index (χ4n) is 4.27. The van der Waals surface area contributed by atoms with Crippen molar-refractivity contribution >= 4 is 35.8 Å². The summed E-state index contributed by atoms with van der Waals surface area (Å²) in [5.74, 6) is -0.949. The summed E-state index contributed by atoms with van der Waals surface area (Å²) in [5.41, 5.74) is 0.272. The van der Waals surface area contributed by atoms with E-state index in [1.54, 1.807) is 31.2 Å². The zero-order chi connectivity index (χ0) is 18.2. The highest BCUT2D eigenvalue weighted by Gasteiger charge is 2.55. The van der Waals surface area contributed by atoms with Gasteiger partial charge in [0.2, 0.25) is 5.91 Å². The zero-order valence-electron chi connectivity index (χ0n) is 15.0. The zero-order valence-corrected chi connectivity index (χ0v) is 15.8. The van der Waals surface area contributed by atoms with Crippen molar-refractivity contribution in [2.45, 2.75) is 39.2 Å². The van der Waals surface area contributed by atoms with Gasteiger partial charge >= 0.3 is 5.97 Å². The number of carbonyl (C=O) groups is 3. The van der Waals surface area contributed by atoms with E-state index in [2.05, 4.69) is 5.32 Å². The average molecular weight is 381 g/mol. The fraction of sp³-hybridized carbons (Fsp3) is 0.526. The molecular formula is C19H25ClN2O4. The Morgan fingerprint density at radius 2 is 2.00 bits per heavy atom. The lowest BCUT2D eigenvalue weighted by Crippen LogP contribution is -2.43. The van der Waals surface area contributed by atoms with Crippen molar-refractivity contribution in [1.29, 1.82) is 0 Å². The number of nitrogens with zero attached hydrogens (tertiary/aromatic N) is 1. The third-order valence-corrected chi connectivity index (χ3v) is 5.81. The van der Waals surface area contributed by atoms with E-state index in [1.807, 2.05) is 4.90 Å². The normalized spacial score (nSPS) is 25.8. The number of anilines is 1. The maximum Gasteiger partial charge on any atom is 0.311 e. The Balaban J connectivity index is 0.00000243. The summed E-state index contributed by atoms with van der Waals surface area (Å²) < 4.78 is 0. The highest BCUT2D eigenvalue weighted by atomic mass is 35.5. The van der Waals surface area contributed by atoms with E-state index < -0.39 is 17.4 Å². The summed E-state index contributed by atoms with van der Waals surface area (Å²) in [4.78, 5) is 38.1. The Morgan fingerprint density at radius 3 is 2.62 bits per heavy atom. The molecule has 1 aromatic carbocycles. The lowest BCUT2D eigenvalue weighted by atomic mass is 9.81. The Labute approximate surface area is 159 Å². The summed E-state index contributed by atoms with van der Waals surface area (Å²) in [6.07, 6.45) is 2.53. The first-order valence-electron chi connectivity index (χ1n) is 8.73. The summed E-state index contributed by atoms with van der Waals surface area (Å²) in [6.45, 7) is 4.31. The van der Waals surface area contributed by atoms with E-state index in [1.165, 1.54) is 6.92 Å². The Morgan fingerprint density at radius 1 is 1.31 bits per heavy atom. The average Bonchev–Trinajstić information content (AvgIpc) is 3.12. The van der Waals surface area contributed by atoms with E-state index in [0.29, 0.717) is 30.8 Å². The molecule has 26 heavy (non-hydrogen) atoms. The Hall–Kier alpha value is -1.92. The fourth-order valence-corrected chi connectivity index (χ4v) is 4.27. The first-order chi connectivity index (χ1) is 11.8. The lowest BCUT2D eigenvalue weighted by molar-refractivity contribution is -0.149. The van der Waals surface area contributed by atoms with Crippen LogP contribution in [0.1, 0.15) is 43.5 Å². The molecule has 0 aromatic heterocycles. The van der Waals surface area contributed by atoms with Crippen LogP contribution in [0.5, 0.6) is 0 Å². The molecular weight excluding hydrogens is 356 g/mol. The van der Waals surface area contributed by atoms with Gasteiger partial charge in [-0.1, -0.05) is 18.6 Å². The number of aliphatic carboxylic acids is 1. The SMILES string of the molecule is CC(=O)c1ccccc1NC(=O)C(C)N1C[C@@H]2CCC[C@@]2(C(=O)O)C1.Cl. The number of hydrogen-bond acceptors (Lipinski definition) is 4. The molecule has 3 atom stereocenters. The highest BCUT2D eigenvalue weighted by Crippen LogP contribution is 2.49. The summed E-state index contributed by atoms with van der Waals surface area (Å²) in [6, 6.07) is 6.48. The number of hydrogen-bond donors (Lipinski definition) is 2. The molecule has 7 heteroatoms. The van der Waals surface area contributed by atoms with Crippen LogP contribution in [0.25, 0.3) is 0 Å². The second-order valence-corrected chi connectivity index (χ2v) is 7.25. The van der Waals surface area contributed by atoms with Crippen molar-refractivity contribution in [2.24, 2.45) is 11.3 Å². The van der Waals surface area contributed by atoms with Gasteiger partial charge in [0.05, 0.1) is 17.1 Å². The number of ketones is 1. The topological polar surface area (TPSA) is 86.7 Å². The van der Waals surface area contributed by atoms with Crippen LogP contribution in [0.3, 0.4) is 0 Å². The van der Waals surface area contributed by atoms with Gasteiger partial charge in [-0.15, -0.1) is 12.4 Å². The predicted octanol–water partition coefficient (Wildman–Crippen LogP) is 2.82. The number of rotatable bonds is 5. The minimum Gasteiger partial charge on any atom is -0.481 e. The van der Waals surface area contributed by atoms with E-state index in [-0.39, 0.29) is 30.0 Å². The Kier molecular flexibility index (Phi) is 6.09. The van der Waals surface area contributed by atoms with Gasteiger partial charge in [-0.05, 0) is 44.7 Å². The van der Waals surface area contributed by atoms with Gasteiger partial charge in [0, 0.05) is 18.7 Å². The highest BCUT2D eigenvalue weighted by molar-refractivity contribution is 6.04. The first kappa shape index (κ1) is 20.4. The molecule has 0 spiro atoms. The third kappa shape index (κ3) is 3.48. The van der Waals surface area contributed by atoms with Crippen molar-refractivity contribution in [3.05, 3.63) is 29.8 Å². The Bertz CT molecular complexity index is 723. The van der Waals surface area contributed by atoms with Crippen LogP contribution in [0.15, 0.2) is 24.3 Å². The molecule has 1 heterocycles. The molecule has 1 aliphatic heterocycles. The van der Waals surface area contributed by atoms with Gasteiger partial charge in [-0.3, -0.25) is 19.3 Å². The molecule has 1 unspecified atom stereocenters. The van der Waals surface area contributed by atoms with Crippen molar-refractivity contribution in [3.63, 3.8) is 0 Å². The minimum atomic E-state index is -0.743. The number of carboxylic acid groups (broad SMARTS) is 1. The quantitative estimate of drug-likeness (QED) is 0.767. The van der Waals surface area contributed by atoms with E-state index in [0.717, 1.165) is 12.8 Å². The molecule has 1 aromatic rings. The van der Waals surface area contributed by atoms with Crippen LogP contribution in [-0.4, -0.2) is 46.8 Å². The molecule has 3 rings (SSSR count). The maximum absolute atomic E-state index is 12.7. The molecule has 2 N–H and O–H groups in total. The maximum atomic E-state index is 12.7. The smallest absolute Gasteiger partial charge is 0.311 e. The van der Waals surface area contributed by atoms with Crippen LogP contribution in [0.2, 0.25) is 0 Å². The van der Waals surface area contributed by atoms with Crippen LogP contribution < -0.4 is 5.32 Å². The second kappa shape index (κ2) is 7.76. The summed E-state index contributed by atoms with van der Waals surface area (Å²) in [7, 11) is 0. The van der Waals surface area contributed by atoms with Crippen LogP contribution in [0.4, 0.5) is 5.69 Å². The van der Waals surface area contributed by atoms with E-state index in [4.69, 9.17) is 0 Å². The number of likely N-dealkylation sites (tertiary alicyclic amines) is 1.